The van der Waals surface area contributed by atoms with Gasteiger partial charge in [-0.1, -0.05) is 6.07 Å². The Morgan fingerprint density at radius 2 is 2.31 bits per heavy atom. The van der Waals surface area contributed by atoms with Crippen molar-refractivity contribution < 1.29 is 19.7 Å². The number of rotatable bonds is 6. The summed E-state index contributed by atoms with van der Waals surface area (Å²) >= 11 is 0. The maximum absolute atomic E-state index is 10.7. The summed E-state index contributed by atoms with van der Waals surface area (Å²) in [6, 6.07) is 3.45. The van der Waals surface area contributed by atoms with Crippen LogP contribution in [0.3, 0.4) is 0 Å². The predicted molar refractivity (Wildman–Crippen MR) is 57.0 cm³/mol. The molecule has 0 bridgehead atoms. The molecule has 0 aliphatic rings. The Balaban J connectivity index is 2.57. The number of aliphatic carboxylic acids is 1. The van der Waals surface area contributed by atoms with Gasteiger partial charge in [0.05, 0.1) is 31.4 Å². The molecule has 0 spiro atoms. The fourth-order valence-corrected chi connectivity index (χ4v) is 1.16. The van der Waals surface area contributed by atoms with Crippen LogP contribution in [0.2, 0.25) is 0 Å². The number of carboxylic acid groups (broad SMARTS) is 1. The van der Waals surface area contributed by atoms with Crippen molar-refractivity contribution in [2.45, 2.75) is 19.4 Å². The molecule has 5 nitrogen and oxygen atoms in total. The maximum Gasteiger partial charge on any atom is 0.310 e. The van der Waals surface area contributed by atoms with Crippen molar-refractivity contribution in [1.82, 2.24) is 4.98 Å². The van der Waals surface area contributed by atoms with Gasteiger partial charge in [0.15, 0.2) is 0 Å². The predicted octanol–water partition coefficient (Wildman–Crippen LogP) is 0.779. The number of hydrogen-bond donors (Lipinski definition) is 2. The fraction of sp³-hybridized carbons (Fsp3) is 0.455. The molecule has 1 atom stereocenters. The van der Waals surface area contributed by atoms with E-state index >= 15 is 0 Å². The molecule has 0 saturated carbocycles. The molecule has 1 aromatic heterocycles. The molecular weight excluding hydrogens is 210 g/mol. The third kappa shape index (κ3) is 3.60. The first kappa shape index (κ1) is 12.6. The SMILES string of the molecule is C[C@H](C(=O)O)c1ccc(COCCO)nc1. The van der Waals surface area contributed by atoms with Crippen LogP contribution in [0.1, 0.15) is 24.1 Å². The molecule has 0 aliphatic carbocycles. The highest BCUT2D eigenvalue weighted by Crippen LogP contribution is 2.14. The molecule has 0 aromatic carbocycles. The van der Waals surface area contributed by atoms with Crippen molar-refractivity contribution >= 4 is 5.97 Å². The van der Waals surface area contributed by atoms with Gasteiger partial charge in [-0.15, -0.1) is 0 Å². The van der Waals surface area contributed by atoms with Gasteiger partial charge in [-0.2, -0.15) is 0 Å². The van der Waals surface area contributed by atoms with E-state index in [1.165, 1.54) is 6.20 Å². The Bertz CT molecular complexity index is 336. The van der Waals surface area contributed by atoms with Crippen molar-refractivity contribution in [2.75, 3.05) is 13.2 Å². The van der Waals surface area contributed by atoms with Crippen LogP contribution in [0, 0.1) is 0 Å². The first-order valence-electron chi connectivity index (χ1n) is 5.01. The lowest BCUT2D eigenvalue weighted by Gasteiger charge is -2.07. The lowest BCUT2D eigenvalue weighted by atomic mass is 10.0. The second kappa shape index (κ2) is 6.19. The summed E-state index contributed by atoms with van der Waals surface area (Å²) < 4.78 is 5.09. The molecule has 1 rings (SSSR count). The van der Waals surface area contributed by atoms with Crippen LogP contribution in [0.15, 0.2) is 18.3 Å². The average molecular weight is 225 g/mol. The Morgan fingerprint density at radius 3 is 2.81 bits per heavy atom. The molecule has 0 fully saturated rings. The number of carbonyl (C=O) groups is 1. The summed E-state index contributed by atoms with van der Waals surface area (Å²) in [5.41, 5.74) is 1.38. The minimum atomic E-state index is -0.869. The van der Waals surface area contributed by atoms with Crippen molar-refractivity contribution in [3.05, 3.63) is 29.6 Å². The summed E-state index contributed by atoms with van der Waals surface area (Å²) in [5.74, 6) is -1.43. The topological polar surface area (TPSA) is 79.7 Å². The third-order valence-electron chi connectivity index (χ3n) is 2.20. The van der Waals surface area contributed by atoms with E-state index < -0.39 is 11.9 Å². The molecular formula is C11H15NO4. The van der Waals surface area contributed by atoms with Crippen molar-refractivity contribution in [2.24, 2.45) is 0 Å². The zero-order valence-electron chi connectivity index (χ0n) is 9.09. The van der Waals surface area contributed by atoms with Crippen LogP contribution < -0.4 is 0 Å². The summed E-state index contributed by atoms with van der Waals surface area (Å²) in [7, 11) is 0. The number of aliphatic hydroxyl groups excluding tert-OH is 1. The van der Waals surface area contributed by atoms with Gasteiger partial charge in [0.1, 0.15) is 0 Å². The monoisotopic (exact) mass is 225 g/mol. The zero-order valence-corrected chi connectivity index (χ0v) is 9.09. The molecule has 0 amide bonds. The van der Waals surface area contributed by atoms with Crippen LogP contribution in [0.5, 0.6) is 0 Å². The van der Waals surface area contributed by atoms with E-state index in [0.29, 0.717) is 12.2 Å². The molecule has 2 N–H and O–H groups in total. The largest absolute Gasteiger partial charge is 0.481 e. The average Bonchev–Trinajstić information content (AvgIpc) is 2.29. The highest BCUT2D eigenvalue weighted by atomic mass is 16.5. The lowest BCUT2D eigenvalue weighted by molar-refractivity contribution is -0.138. The fourth-order valence-electron chi connectivity index (χ4n) is 1.16. The number of carboxylic acids is 1. The second-order valence-electron chi connectivity index (χ2n) is 3.42. The van der Waals surface area contributed by atoms with Gasteiger partial charge in [0.2, 0.25) is 0 Å². The minimum absolute atomic E-state index is 0.0197. The minimum Gasteiger partial charge on any atom is -0.481 e. The summed E-state index contributed by atoms with van der Waals surface area (Å²) in [6.45, 7) is 2.19. The summed E-state index contributed by atoms with van der Waals surface area (Å²) in [6.07, 6.45) is 1.54. The van der Waals surface area contributed by atoms with Crippen LogP contribution >= 0.6 is 0 Å². The Morgan fingerprint density at radius 1 is 1.56 bits per heavy atom. The number of ether oxygens (including phenoxy) is 1. The number of pyridine rings is 1. The molecule has 0 unspecified atom stereocenters. The van der Waals surface area contributed by atoms with E-state index in [9.17, 15) is 4.79 Å². The highest BCUT2D eigenvalue weighted by Gasteiger charge is 2.13. The smallest absolute Gasteiger partial charge is 0.310 e. The first-order chi connectivity index (χ1) is 7.65. The zero-order chi connectivity index (χ0) is 12.0. The molecule has 0 radical (unpaired) electrons. The van der Waals surface area contributed by atoms with Crippen LogP contribution in [-0.4, -0.2) is 34.4 Å². The molecule has 0 saturated heterocycles. The van der Waals surface area contributed by atoms with E-state index in [1.807, 2.05) is 0 Å². The van der Waals surface area contributed by atoms with Gasteiger partial charge in [-0.05, 0) is 18.6 Å². The summed E-state index contributed by atoms with van der Waals surface area (Å²) in [5, 5.41) is 17.3. The number of aromatic nitrogens is 1. The van der Waals surface area contributed by atoms with E-state index in [2.05, 4.69) is 4.98 Å². The van der Waals surface area contributed by atoms with E-state index in [-0.39, 0.29) is 13.2 Å². The van der Waals surface area contributed by atoms with Crippen LogP contribution in [0.25, 0.3) is 0 Å². The molecule has 0 aliphatic heterocycles. The number of hydrogen-bond acceptors (Lipinski definition) is 4. The van der Waals surface area contributed by atoms with E-state index in [4.69, 9.17) is 14.9 Å². The molecule has 16 heavy (non-hydrogen) atoms. The third-order valence-corrected chi connectivity index (χ3v) is 2.20. The second-order valence-corrected chi connectivity index (χ2v) is 3.42. The Hall–Kier alpha value is -1.46. The van der Waals surface area contributed by atoms with Gasteiger partial charge in [-0.3, -0.25) is 9.78 Å². The molecule has 1 aromatic rings. The first-order valence-corrected chi connectivity index (χ1v) is 5.01. The quantitative estimate of drug-likeness (QED) is 0.699. The van der Waals surface area contributed by atoms with Gasteiger partial charge in [0, 0.05) is 6.20 Å². The van der Waals surface area contributed by atoms with E-state index in [1.54, 1.807) is 19.1 Å². The number of nitrogens with zero attached hydrogens (tertiary/aromatic N) is 1. The highest BCUT2D eigenvalue weighted by molar-refractivity contribution is 5.75. The maximum atomic E-state index is 10.7. The normalized spacial score (nSPS) is 12.4. The lowest BCUT2D eigenvalue weighted by Crippen LogP contribution is -2.08. The number of aliphatic hydroxyl groups is 1. The molecule has 5 heteroatoms. The Labute approximate surface area is 93.7 Å². The standard InChI is InChI=1S/C11H15NO4/c1-8(11(14)15)9-2-3-10(12-6-9)7-16-5-4-13/h2-3,6,8,13H,4-5,7H2,1H3,(H,14,15)/t8-/m0/s1. The van der Waals surface area contributed by atoms with E-state index in [0.717, 1.165) is 5.69 Å². The van der Waals surface area contributed by atoms with Gasteiger partial charge in [-0.25, -0.2) is 0 Å². The van der Waals surface area contributed by atoms with Crippen molar-refractivity contribution in [3.8, 4) is 0 Å². The van der Waals surface area contributed by atoms with Crippen LogP contribution in [0.4, 0.5) is 0 Å². The molecule has 88 valence electrons. The van der Waals surface area contributed by atoms with Gasteiger partial charge >= 0.3 is 5.97 Å². The Kier molecular flexibility index (Phi) is 4.88. The van der Waals surface area contributed by atoms with Crippen molar-refractivity contribution in [1.29, 1.82) is 0 Å². The van der Waals surface area contributed by atoms with Gasteiger partial charge < -0.3 is 14.9 Å². The van der Waals surface area contributed by atoms with Crippen LogP contribution in [-0.2, 0) is 16.1 Å². The molecule has 1 heterocycles. The van der Waals surface area contributed by atoms with Gasteiger partial charge in [0.25, 0.3) is 0 Å². The summed E-state index contributed by atoms with van der Waals surface area (Å²) in [4.78, 5) is 14.8. The van der Waals surface area contributed by atoms with Crippen molar-refractivity contribution in [3.63, 3.8) is 0 Å².